The van der Waals surface area contributed by atoms with Gasteiger partial charge in [-0.25, -0.2) is 0 Å². The second kappa shape index (κ2) is 8.62. The van der Waals surface area contributed by atoms with E-state index in [4.69, 9.17) is 16.2 Å². The molecule has 7 nitrogen and oxygen atoms in total. The highest BCUT2D eigenvalue weighted by atomic mass is 16.3. The maximum absolute atomic E-state index is 12.6. The van der Waals surface area contributed by atoms with Crippen LogP contribution >= 0.6 is 0 Å². The lowest BCUT2D eigenvalue weighted by Gasteiger charge is -2.31. The number of nitrogens with zero attached hydrogens (tertiary/aromatic N) is 1. The van der Waals surface area contributed by atoms with Gasteiger partial charge in [-0.15, -0.1) is 0 Å². The van der Waals surface area contributed by atoms with Crippen molar-refractivity contribution in [2.75, 3.05) is 25.1 Å². The van der Waals surface area contributed by atoms with Crippen LogP contribution in [0.4, 0.5) is 5.69 Å². The number of H-pyrrole nitrogens is 1. The summed E-state index contributed by atoms with van der Waals surface area (Å²) >= 11 is 0. The lowest BCUT2D eigenvalue weighted by molar-refractivity contribution is -0.119. The summed E-state index contributed by atoms with van der Waals surface area (Å²) in [6, 6.07) is 7.35. The Labute approximate surface area is 177 Å². The summed E-state index contributed by atoms with van der Waals surface area (Å²) < 4.78 is 0. The number of carbonyl (C=O) groups is 1. The van der Waals surface area contributed by atoms with Crippen LogP contribution < -0.4 is 16.0 Å². The Morgan fingerprint density at radius 3 is 2.80 bits per heavy atom. The summed E-state index contributed by atoms with van der Waals surface area (Å²) in [5.41, 5.74) is 11.1. The fourth-order valence-corrected chi connectivity index (χ4v) is 4.03. The van der Waals surface area contributed by atoms with Crippen molar-refractivity contribution >= 4 is 28.2 Å². The van der Waals surface area contributed by atoms with E-state index in [2.05, 4.69) is 24.1 Å². The van der Waals surface area contributed by atoms with Crippen LogP contribution in [0.2, 0.25) is 0 Å². The van der Waals surface area contributed by atoms with Gasteiger partial charge in [-0.05, 0) is 55.4 Å². The molecule has 1 aromatic carbocycles. The zero-order chi connectivity index (χ0) is 22.1. The summed E-state index contributed by atoms with van der Waals surface area (Å²) in [7, 11) is 1.74. The second-order valence-corrected chi connectivity index (χ2v) is 8.97. The third kappa shape index (κ3) is 4.57. The summed E-state index contributed by atoms with van der Waals surface area (Å²) in [5.74, 6) is -0.0786. The van der Waals surface area contributed by atoms with Crippen LogP contribution in [0.3, 0.4) is 0 Å². The Bertz CT molecular complexity index is 989. The zero-order valence-electron chi connectivity index (χ0n) is 18.3. The molecule has 1 unspecified atom stereocenters. The number of benzene rings is 1. The summed E-state index contributed by atoms with van der Waals surface area (Å²) in [6.45, 7) is 6.57. The Kier molecular flexibility index (Phi) is 6.33. The van der Waals surface area contributed by atoms with Crippen molar-refractivity contribution in [3.63, 3.8) is 0 Å². The average molecular weight is 412 g/mol. The molecule has 0 saturated heterocycles. The van der Waals surface area contributed by atoms with E-state index >= 15 is 0 Å². The fourth-order valence-electron chi connectivity index (χ4n) is 4.03. The van der Waals surface area contributed by atoms with Gasteiger partial charge in [-0.1, -0.05) is 19.9 Å². The van der Waals surface area contributed by atoms with Crippen LogP contribution in [0.1, 0.15) is 45.7 Å². The SMILES string of the molecule is CC(NCCO)C(=O)N(C)c1ccc2cc(C(=N)C3=C(N)CC(C)(C)CC3)[nH]c2c1. The number of hydrogen-bond acceptors (Lipinski definition) is 5. The Morgan fingerprint density at radius 2 is 2.13 bits per heavy atom. The van der Waals surface area contributed by atoms with Crippen LogP contribution in [0.15, 0.2) is 35.5 Å². The van der Waals surface area contributed by atoms with E-state index in [0.29, 0.717) is 12.3 Å². The van der Waals surface area contributed by atoms with E-state index in [1.54, 1.807) is 18.9 Å². The lowest BCUT2D eigenvalue weighted by Crippen LogP contribution is -2.44. The number of rotatable bonds is 7. The molecule has 0 radical (unpaired) electrons. The molecule has 2 aromatic rings. The van der Waals surface area contributed by atoms with Gasteiger partial charge < -0.3 is 26.0 Å². The van der Waals surface area contributed by atoms with Crippen molar-refractivity contribution < 1.29 is 9.90 Å². The largest absolute Gasteiger partial charge is 0.402 e. The number of aliphatic hydroxyl groups is 1. The normalized spacial score (nSPS) is 17.2. The minimum atomic E-state index is -0.393. The minimum Gasteiger partial charge on any atom is -0.402 e. The number of anilines is 1. The fraction of sp³-hybridized carbons (Fsp3) is 0.478. The van der Waals surface area contributed by atoms with Crippen LogP contribution in [0.25, 0.3) is 10.9 Å². The predicted molar refractivity (Wildman–Crippen MR) is 122 cm³/mol. The molecule has 7 heteroatoms. The first-order valence-electron chi connectivity index (χ1n) is 10.4. The molecule has 1 amide bonds. The Morgan fingerprint density at radius 1 is 1.40 bits per heavy atom. The van der Waals surface area contributed by atoms with Crippen molar-refractivity contribution in [2.45, 2.75) is 46.1 Å². The van der Waals surface area contributed by atoms with Crippen LogP contribution in [0, 0.1) is 10.8 Å². The predicted octanol–water partition coefficient (Wildman–Crippen LogP) is 2.89. The van der Waals surface area contributed by atoms with E-state index in [1.807, 2.05) is 24.3 Å². The molecular formula is C23H33N5O2. The molecule has 3 rings (SSSR count). The van der Waals surface area contributed by atoms with Crippen LogP contribution in [0.5, 0.6) is 0 Å². The molecule has 0 fully saturated rings. The standard InChI is InChI=1S/C23H33N5O2/c1-14(26-9-10-29)22(30)28(4)16-6-5-15-11-20(27-19(15)12-16)21(25)17-7-8-23(2,3)13-18(17)24/h5-6,11-12,14,25-27,29H,7-10,13,24H2,1-4H3. The van der Waals surface area contributed by atoms with E-state index in [9.17, 15) is 4.79 Å². The van der Waals surface area contributed by atoms with Gasteiger partial charge in [0.25, 0.3) is 0 Å². The van der Waals surface area contributed by atoms with E-state index < -0.39 is 6.04 Å². The molecule has 1 aromatic heterocycles. The molecule has 1 aliphatic rings. The maximum atomic E-state index is 12.6. The van der Waals surface area contributed by atoms with Crippen LogP contribution in [-0.2, 0) is 4.79 Å². The third-order valence-electron chi connectivity index (χ3n) is 5.94. The van der Waals surface area contributed by atoms with Crippen LogP contribution in [-0.4, -0.2) is 48.0 Å². The van der Waals surface area contributed by atoms with Gasteiger partial charge in [-0.2, -0.15) is 0 Å². The number of aromatic nitrogens is 1. The second-order valence-electron chi connectivity index (χ2n) is 8.97. The van der Waals surface area contributed by atoms with Crippen molar-refractivity contribution in [3.05, 3.63) is 41.2 Å². The number of carbonyl (C=O) groups excluding carboxylic acids is 1. The van der Waals surface area contributed by atoms with E-state index in [1.165, 1.54) is 0 Å². The van der Waals surface area contributed by atoms with Crippen molar-refractivity contribution in [1.29, 1.82) is 5.41 Å². The van der Waals surface area contributed by atoms with Gasteiger partial charge in [0, 0.05) is 35.9 Å². The Hall–Kier alpha value is -2.64. The molecule has 0 aliphatic heterocycles. The first-order chi connectivity index (χ1) is 14.1. The molecule has 0 spiro atoms. The smallest absolute Gasteiger partial charge is 0.243 e. The highest BCUT2D eigenvalue weighted by Crippen LogP contribution is 2.38. The number of hydrogen-bond donors (Lipinski definition) is 5. The monoisotopic (exact) mass is 411 g/mol. The molecule has 0 bridgehead atoms. The third-order valence-corrected chi connectivity index (χ3v) is 5.94. The number of allylic oxidation sites excluding steroid dienone is 2. The van der Waals surface area contributed by atoms with Gasteiger partial charge in [0.15, 0.2) is 0 Å². The number of aromatic amines is 1. The molecule has 1 aliphatic carbocycles. The van der Waals surface area contributed by atoms with Crippen molar-refractivity contribution in [2.24, 2.45) is 11.1 Å². The first-order valence-corrected chi connectivity index (χ1v) is 10.4. The summed E-state index contributed by atoms with van der Waals surface area (Å²) in [5, 5.41) is 21.6. The Balaban J connectivity index is 1.82. The molecule has 6 N–H and O–H groups in total. The van der Waals surface area contributed by atoms with Gasteiger partial charge in [0.2, 0.25) is 5.91 Å². The quantitative estimate of drug-likeness (QED) is 0.450. The molecular weight excluding hydrogens is 378 g/mol. The van der Waals surface area contributed by atoms with Crippen molar-refractivity contribution in [1.82, 2.24) is 10.3 Å². The minimum absolute atomic E-state index is 0.0110. The number of likely N-dealkylation sites (N-methyl/N-ethyl adjacent to an activating group) is 1. The van der Waals surface area contributed by atoms with E-state index in [0.717, 1.165) is 52.8 Å². The van der Waals surface area contributed by atoms with E-state index in [-0.39, 0.29) is 17.9 Å². The molecule has 162 valence electrons. The van der Waals surface area contributed by atoms with Gasteiger partial charge >= 0.3 is 0 Å². The molecule has 0 saturated carbocycles. The van der Waals surface area contributed by atoms with Crippen molar-refractivity contribution in [3.8, 4) is 0 Å². The molecule has 1 atom stereocenters. The number of amides is 1. The zero-order valence-corrected chi connectivity index (χ0v) is 18.3. The highest BCUT2D eigenvalue weighted by Gasteiger charge is 2.28. The van der Waals surface area contributed by atoms with Gasteiger partial charge in [-0.3, -0.25) is 10.2 Å². The topological polar surface area (TPSA) is 118 Å². The maximum Gasteiger partial charge on any atom is 0.243 e. The highest BCUT2D eigenvalue weighted by molar-refractivity contribution is 6.12. The molecule has 1 heterocycles. The van der Waals surface area contributed by atoms with Gasteiger partial charge in [0.1, 0.15) is 0 Å². The molecule has 30 heavy (non-hydrogen) atoms. The lowest BCUT2D eigenvalue weighted by atomic mass is 9.75. The summed E-state index contributed by atoms with van der Waals surface area (Å²) in [6.07, 6.45) is 2.64. The number of nitrogens with two attached hydrogens (primary N) is 1. The van der Waals surface area contributed by atoms with Gasteiger partial charge in [0.05, 0.1) is 24.1 Å². The number of fused-ring (bicyclic) bond motifs is 1. The number of aliphatic hydroxyl groups excluding tert-OH is 1. The first kappa shape index (κ1) is 22.1. The summed E-state index contributed by atoms with van der Waals surface area (Å²) in [4.78, 5) is 17.5. The number of nitrogens with one attached hydrogen (secondary N) is 3. The average Bonchev–Trinajstić information content (AvgIpc) is 3.13.